The Labute approximate surface area is 90.7 Å². The molecule has 0 saturated carbocycles. The lowest BCUT2D eigenvalue weighted by atomic mass is 10.2. The highest BCUT2D eigenvalue weighted by atomic mass is 35.5. The second-order valence-electron chi connectivity index (χ2n) is 2.33. The molecule has 6 heteroatoms. The summed E-state index contributed by atoms with van der Waals surface area (Å²) < 4.78 is -3.82. The van der Waals surface area contributed by atoms with Crippen LogP contribution < -0.4 is 0 Å². The minimum Gasteiger partial charge on any atom is -0.479 e. The van der Waals surface area contributed by atoms with E-state index in [1.165, 1.54) is 0 Å². The summed E-state index contributed by atoms with van der Waals surface area (Å²) in [6.07, 6.45) is 0.816. The third kappa shape index (κ3) is 2.56. The third-order valence-corrected chi connectivity index (χ3v) is 3.59. The average Bonchev–Trinajstić information content (AvgIpc) is 1.86. The summed E-state index contributed by atoms with van der Waals surface area (Å²) in [4.78, 5) is 10.5. The summed E-state index contributed by atoms with van der Waals surface area (Å²) in [5, 5.41) is 8.57. The number of carbonyl (C=O) groups is 1. The molecule has 0 aliphatic carbocycles. The van der Waals surface area contributed by atoms with Gasteiger partial charge in [-0.2, -0.15) is 0 Å². The molecular weight excluding hydrogens is 246 g/mol. The Kier molecular flexibility index (Phi) is 4.45. The van der Waals surface area contributed by atoms with Gasteiger partial charge < -0.3 is 5.11 Å². The lowest BCUT2D eigenvalue weighted by Gasteiger charge is -2.28. The first-order valence-electron chi connectivity index (χ1n) is 3.24. The maximum Gasteiger partial charge on any atom is 0.343 e. The van der Waals surface area contributed by atoms with E-state index in [0.717, 1.165) is 0 Å². The van der Waals surface area contributed by atoms with Crippen LogP contribution in [0.2, 0.25) is 0 Å². The molecule has 0 amide bonds. The molecule has 0 aliphatic heterocycles. The largest absolute Gasteiger partial charge is 0.479 e. The van der Waals surface area contributed by atoms with Gasteiger partial charge in [-0.25, -0.2) is 4.79 Å². The van der Waals surface area contributed by atoms with Crippen LogP contribution in [0.5, 0.6) is 0 Å². The molecule has 72 valence electrons. The van der Waals surface area contributed by atoms with E-state index in [2.05, 4.69) is 0 Å². The molecule has 12 heavy (non-hydrogen) atoms. The summed E-state index contributed by atoms with van der Waals surface area (Å²) in [5.74, 6) is -1.44. The van der Waals surface area contributed by atoms with Gasteiger partial charge in [0, 0.05) is 0 Å². The minimum absolute atomic E-state index is 0.218. The van der Waals surface area contributed by atoms with Crippen LogP contribution in [0, 0.1) is 0 Å². The van der Waals surface area contributed by atoms with Gasteiger partial charge in [-0.3, -0.25) is 0 Å². The van der Waals surface area contributed by atoms with Crippen molar-refractivity contribution in [2.45, 2.75) is 28.4 Å². The lowest BCUT2D eigenvalue weighted by Crippen LogP contribution is -2.43. The lowest BCUT2D eigenvalue weighted by molar-refractivity contribution is -0.138. The van der Waals surface area contributed by atoms with Gasteiger partial charge in [-0.1, -0.05) is 59.7 Å². The smallest absolute Gasteiger partial charge is 0.343 e. The summed E-state index contributed by atoms with van der Waals surface area (Å²) in [5.41, 5.74) is 0. The molecule has 0 saturated heterocycles. The molecule has 0 radical (unpaired) electrons. The number of hydrogen-bond acceptors (Lipinski definition) is 1. The third-order valence-electron chi connectivity index (χ3n) is 1.29. The SMILES string of the molecule is CCCC(Cl)(Cl)C(Cl)(Cl)C(=O)O. The molecule has 0 fully saturated rings. The molecule has 0 aromatic rings. The van der Waals surface area contributed by atoms with Crippen molar-refractivity contribution in [2.24, 2.45) is 0 Å². The minimum atomic E-state index is -2.16. The summed E-state index contributed by atoms with van der Waals surface area (Å²) in [7, 11) is 0. The van der Waals surface area contributed by atoms with Gasteiger partial charge in [0.1, 0.15) is 0 Å². The first-order valence-corrected chi connectivity index (χ1v) is 4.76. The molecule has 1 N–H and O–H groups in total. The quantitative estimate of drug-likeness (QED) is 0.782. The van der Waals surface area contributed by atoms with Crippen LogP contribution in [0.4, 0.5) is 0 Å². The van der Waals surface area contributed by atoms with Crippen molar-refractivity contribution >= 4 is 52.4 Å². The Hall–Kier alpha value is 0.630. The normalized spacial score (nSPS) is 13.1. The fraction of sp³-hybridized carbons (Fsp3) is 0.833. The van der Waals surface area contributed by atoms with Crippen molar-refractivity contribution in [3.8, 4) is 0 Å². The summed E-state index contributed by atoms with van der Waals surface area (Å²) >= 11 is 22.2. The molecule has 0 atom stereocenters. The molecule has 2 nitrogen and oxygen atoms in total. The molecule has 0 aliphatic rings. The van der Waals surface area contributed by atoms with Gasteiger partial charge in [0.05, 0.1) is 0 Å². The average molecular weight is 254 g/mol. The zero-order chi connectivity index (χ0) is 9.99. The van der Waals surface area contributed by atoms with Crippen molar-refractivity contribution in [1.29, 1.82) is 0 Å². The van der Waals surface area contributed by atoms with E-state index in [9.17, 15) is 4.79 Å². The van der Waals surface area contributed by atoms with E-state index < -0.39 is 14.6 Å². The Bertz CT molecular complexity index is 178. The molecule has 0 heterocycles. The Morgan fingerprint density at radius 3 is 2.00 bits per heavy atom. The number of halogens is 4. The molecular formula is C6H8Cl4O2. The second kappa shape index (κ2) is 4.23. The highest BCUT2D eigenvalue weighted by molar-refractivity contribution is 6.68. The van der Waals surface area contributed by atoms with E-state index in [0.29, 0.717) is 6.42 Å². The number of carboxylic acid groups (broad SMARTS) is 1. The van der Waals surface area contributed by atoms with Crippen LogP contribution in [0.3, 0.4) is 0 Å². The number of carboxylic acids is 1. The van der Waals surface area contributed by atoms with Crippen LogP contribution in [0.15, 0.2) is 0 Å². The van der Waals surface area contributed by atoms with E-state index >= 15 is 0 Å². The number of alkyl halides is 4. The van der Waals surface area contributed by atoms with Gasteiger partial charge in [0.15, 0.2) is 4.33 Å². The molecule has 0 unspecified atom stereocenters. The molecule has 0 aromatic heterocycles. The van der Waals surface area contributed by atoms with E-state index in [-0.39, 0.29) is 6.42 Å². The Morgan fingerprint density at radius 1 is 1.33 bits per heavy atom. The van der Waals surface area contributed by atoms with Gasteiger partial charge in [-0.05, 0) is 6.42 Å². The van der Waals surface area contributed by atoms with Crippen molar-refractivity contribution in [1.82, 2.24) is 0 Å². The predicted molar refractivity (Wildman–Crippen MR) is 51.4 cm³/mol. The van der Waals surface area contributed by atoms with Gasteiger partial charge in [-0.15, -0.1) is 0 Å². The fourth-order valence-electron chi connectivity index (χ4n) is 0.627. The zero-order valence-electron chi connectivity index (χ0n) is 6.28. The Balaban J connectivity index is 4.62. The van der Waals surface area contributed by atoms with Crippen molar-refractivity contribution in [2.75, 3.05) is 0 Å². The summed E-state index contributed by atoms with van der Waals surface area (Å²) in [6.45, 7) is 1.80. The molecule has 0 bridgehead atoms. The van der Waals surface area contributed by atoms with Gasteiger partial charge in [0.2, 0.25) is 4.33 Å². The topological polar surface area (TPSA) is 37.3 Å². The fourth-order valence-corrected chi connectivity index (χ4v) is 1.36. The number of aliphatic carboxylic acids is 1. The van der Waals surface area contributed by atoms with E-state index in [1.807, 2.05) is 0 Å². The van der Waals surface area contributed by atoms with Crippen molar-refractivity contribution in [3.05, 3.63) is 0 Å². The molecule has 0 rings (SSSR count). The number of hydrogen-bond donors (Lipinski definition) is 1. The monoisotopic (exact) mass is 252 g/mol. The standard InChI is InChI=1S/C6H8Cl4O2/c1-2-3-5(7,8)6(9,10)4(11)12/h2-3H2,1H3,(H,11,12). The van der Waals surface area contributed by atoms with Crippen LogP contribution in [0.1, 0.15) is 19.8 Å². The predicted octanol–water partition coefficient (Wildman–Crippen LogP) is 3.22. The second-order valence-corrected chi connectivity index (χ2v) is 5.15. The van der Waals surface area contributed by atoms with E-state index in [4.69, 9.17) is 51.5 Å². The van der Waals surface area contributed by atoms with Crippen LogP contribution >= 0.6 is 46.4 Å². The van der Waals surface area contributed by atoms with Crippen molar-refractivity contribution < 1.29 is 9.90 Å². The highest BCUT2D eigenvalue weighted by Gasteiger charge is 2.52. The maximum absolute atomic E-state index is 10.5. The summed E-state index contributed by atoms with van der Waals surface area (Å²) in [6, 6.07) is 0. The van der Waals surface area contributed by atoms with Crippen LogP contribution in [0.25, 0.3) is 0 Å². The first-order chi connectivity index (χ1) is 5.25. The Morgan fingerprint density at radius 2 is 1.75 bits per heavy atom. The maximum atomic E-state index is 10.5. The first kappa shape index (κ1) is 12.6. The zero-order valence-corrected chi connectivity index (χ0v) is 9.31. The van der Waals surface area contributed by atoms with Gasteiger partial charge >= 0.3 is 5.97 Å². The molecule has 0 spiro atoms. The van der Waals surface area contributed by atoms with E-state index in [1.54, 1.807) is 6.92 Å². The van der Waals surface area contributed by atoms with Crippen LogP contribution in [-0.2, 0) is 4.79 Å². The van der Waals surface area contributed by atoms with Gasteiger partial charge in [0.25, 0.3) is 0 Å². The van der Waals surface area contributed by atoms with Crippen LogP contribution in [-0.4, -0.2) is 19.7 Å². The highest BCUT2D eigenvalue weighted by Crippen LogP contribution is 2.45. The number of rotatable bonds is 4. The molecule has 0 aromatic carbocycles. The van der Waals surface area contributed by atoms with Crippen molar-refractivity contribution in [3.63, 3.8) is 0 Å².